The Bertz CT molecular complexity index is 895. The molecule has 0 aliphatic rings. The molecule has 0 spiro atoms. The van der Waals surface area contributed by atoms with Gasteiger partial charge < -0.3 is 14.2 Å². The van der Waals surface area contributed by atoms with Gasteiger partial charge in [-0.3, -0.25) is 9.59 Å². The first-order valence-electron chi connectivity index (χ1n) is 19.5. The number of unbranched alkanes of at least 4 members (excludes halogenated alkanes) is 12. The third-order valence-corrected chi connectivity index (χ3v) is 7.76. The summed E-state index contributed by atoms with van der Waals surface area (Å²) in [5, 5.41) is 0. The molecule has 0 aromatic carbocycles. The van der Waals surface area contributed by atoms with Crippen LogP contribution < -0.4 is 0 Å². The second-order valence-electron chi connectivity index (χ2n) is 12.5. The number of hydrogen-bond acceptors (Lipinski definition) is 5. The van der Waals surface area contributed by atoms with Gasteiger partial charge >= 0.3 is 11.9 Å². The number of carbonyl (C=O) groups excluding carboxylic acids is 2. The number of esters is 2. The maximum Gasteiger partial charge on any atom is 0.309 e. The molecule has 0 aromatic heterocycles. The first-order valence-corrected chi connectivity index (χ1v) is 19.5. The standard InChI is InChI=1S/C43H72O5/c1-4-7-10-13-15-17-19-21-22-23-24-26-28-31-33-36-42(44)47-40-41(48-43(45)37-34-30-12-9-6-3)39-46-38-35-32-29-27-25-20-18-16-14-11-8-5-2/h7,10,14-17,21-22,24,26,31,33,41H,4-6,8-9,11-13,18-20,23,25,27-30,32,34-40H2,1-3H3/b10-7-,16-14-,17-15-,22-21-,26-24-,33-31-. The molecule has 5 nitrogen and oxygen atoms in total. The van der Waals surface area contributed by atoms with Gasteiger partial charge in [0.1, 0.15) is 6.61 Å². The Hall–Kier alpha value is -2.66. The molecular weight excluding hydrogens is 596 g/mol. The Balaban J connectivity index is 4.28. The van der Waals surface area contributed by atoms with Crippen LogP contribution in [0.5, 0.6) is 0 Å². The summed E-state index contributed by atoms with van der Waals surface area (Å²) in [6.07, 6.45) is 48.0. The molecule has 274 valence electrons. The second kappa shape index (κ2) is 38.8. The van der Waals surface area contributed by atoms with Crippen molar-refractivity contribution in [2.45, 2.75) is 168 Å². The zero-order valence-electron chi connectivity index (χ0n) is 31.2. The average molecular weight is 669 g/mol. The SMILES string of the molecule is CC/C=C\C/C=C\C/C=C\C/C=C\C/C=C\CC(=O)OCC(COCCCCCCCC/C=C\CCCC)OC(=O)CCCCCCC. The second-order valence-corrected chi connectivity index (χ2v) is 12.5. The van der Waals surface area contributed by atoms with Crippen molar-refractivity contribution in [2.75, 3.05) is 19.8 Å². The lowest BCUT2D eigenvalue weighted by atomic mass is 10.1. The summed E-state index contributed by atoms with van der Waals surface area (Å²) >= 11 is 0. The Kier molecular flexibility index (Phi) is 36.6. The molecule has 0 radical (unpaired) electrons. The summed E-state index contributed by atoms with van der Waals surface area (Å²) < 4.78 is 17.0. The number of allylic oxidation sites excluding steroid dienone is 11. The van der Waals surface area contributed by atoms with E-state index in [4.69, 9.17) is 14.2 Å². The molecule has 5 heteroatoms. The van der Waals surface area contributed by atoms with Crippen molar-refractivity contribution in [1.82, 2.24) is 0 Å². The molecule has 0 heterocycles. The topological polar surface area (TPSA) is 61.8 Å². The molecule has 1 atom stereocenters. The van der Waals surface area contributed by atoms with Crippen molar-refractivity contribution in [1.29, 1.82) is 0 Å². The van der Waals surface area contributed by atoms with Crippen molar-refractivity contribution in [3.63, 3.8) is 0 Å². The minimum atomic E-state index is -0.573. The van der Waals surface area contributed by atoms with E-state index >= 15 is 0 Å². The molecule has 0 aliphatic heterocycles. The molecular formula is C43H72O5. The quantitative estimate of drug-likeness (QED) is 0.0388. The van der Waals surface area contributed by atoms with Gasteiger partial charge in [0, 0.05) is 13.0 Å². The highest BCUT2D eigenvalue weighted by atomic mass is 16.6. The van der Waals surface area contributed by atoms with Crippen molar-refractivity contribution in [2.24, 2.45) is 0 Å². The van der Waals surface area contributed by atoms with Gasteiger partial charge in [-0.2, -0.15) is 0 Å². The summed E-state index contributed by atoms with van der Waals surface area (Å²) in [6, 6.07) is 0. The van der Waals surface area contributed by atoms with Crippen LogP contribution in [0.3, 0.4) is 0 Å². The lowest BCUT2D eigenvalue weighted by molar-refractivity contribution is -0.162. The van der Waals surface area contributed by atoms with E-state index in [0.29, 0.717) is 13.0 Å². The van der Waals surface area contributed by atoms with Crippen molar-refractivity contribution >= 4 is 11.9 Å². The molecule has 48 heavy (non-hydrogen) atoms. The van der Waals surface area contributed by atoms with Crippen LogP contribution in [0.1, 0.15) is 162 Å². The van der Waals surface area contributed by atoms with Gasteiger partial charge in [-0.1, -0.05) is 158 Å². The zero-order valence-corrected chi connectivity index (χ0v) is 31.2. The smallest absolute Gasteiger partial charge is 0.309 e. The normalized spacial score (nSPS) is 13.0. The number of carbonyl (C=O) groups is 2. The van der Waals surface area contributed by atoms with E-state index < -0.39 is 6.10 Å². The fraction of sp³-hybridized carbons (Fsp3) is 0.674. The molecule has 0 saturated heterocycles. The van der Waals surface area contributed by atoms with E-state index in [2.05, 4.69) is 81.5 Å². The van der Waals surface area contributed by atoms with E-state index in [1.807, 2.05) is 12.2 Å². The highest BCUT2D eigenvalue weighted by Gasteiger charge is 2.17. The average Bonchev–Trinajstić information content (AvgIpc) is 3.08. The fourth-order valence-corrected chi connectivity index (χ4v) is 4.85. The lowest BCUT2D eigenvalue weighted by Gasteiger charge is -2.18. The molecule has 0 rings (SSSR count). The van der Waals surface area contributed by atoms with Gasteiger partial charge in [0.2, 0.25) is 0 Å². The Labute approximate surface area is 296 Å². The first kappa shape index (κ1) is 45.3. The Morgan fingerprint density at radius 2 is 1.02 bits per heavy atom. The van der Waals surface area contributed by atoms with Gasteiger partial charge in [-0.15, -0.1) is 0 Å². The molecule has 1 unspecified atom stereocenters. The van der Waals surface area contributed by atoms with E-state index in [1.165, 1.54) is 64.2 Å². The minimum Gasteiger partial charge on any atom is -0.461 e. The summed E-state index contributed by atoms with van der Waals surface area (Å²) in [7, 11) is 0. The van der Waals surface area contributed by atoms with Crippen LogP contribution in [-0.4, -0.2) is 37.9 Å². The van der Waals surface area contributed by atoms with Gasteiger partial charge in [0.25, 0.3) is 0 Å². The van der Waals surface area contributed by atoms with E-state index in [-0.39, 0.29) is 31.6 Å². The molecule has 0 saturated carbocycles. The predicted octanol–water partition coefficient (Wildman–Crippen LogP) is 12.4. The third kappa shape index (κ3) is 36.2. The highest BCUT2D eigenvalue weighted by molar-refractivity contribution is 5.71. The Morgan fingerprint density at radius 3 is 1.65 bits per heavy atom. The van der Waals surface area contributed by atoms with E-state index in [0.717, 1.165) is 64.2 Å². The highest BCUT2D eigenvalue weighted by Crippen LogP contribution is 2.10. The van der Waals surface area contributed by atoms with E-state index in [1.54, 1.807) is 0 Å². The molecule has 0 N–H and O–H groups in total. The van der Waals surface area contributed by atoms with Crippen LogP contribution in [0.15, 0.2) is 72.9 Å². The van der Waals surface area contributed by atoms with Crippen molar-refractivity contribution in [3.05, 3.63) is 72.9 Å². The van der Waals surface area contributed by atoms with Crippen LogP contribution in [0, 0.1) is 0 Å². The predicted molar refractivity (Wildman–Crippen MR) is 205 cm³/mol. The summed E-state index contributed by atoms with van der Waals surface area (Å²) in [5.74, 6) is -0.567. The number of hydrogen-bond donors (Lipinski definition) is 0. The minimum absolute atomic E-state index is 0.0258. The molecule has 0 amide bonds. The van der Waals surface area contributed by atoms with Gasteiger partial charge in [-0.05, 0) is 64.2 Å². The van der Waals surface area contributed by atoms with Crippen molar-refractivity contribution in [3.8, 4) is 0 Å². The lowest BCUT2D eigenvalue weighted by Crippen LogP contribution is -2.30. The summed E-state index contributed by atoms with van der Waals surface area (Å²) in [5.41, 5.74) is 0. The first-order chi connectivity index (χ1) is 23.6. The van der Waals surface area contributed by atoms with Gasteiger partial charge in [0.15, 0.2) is 6.10 Å². The zero-order chi connectivity index (χ0) is 35.0. The monoisotopic (exact) mass is 669 g/mol. The van der Waals surface area contributed by atoms with Crippen LogP contribution >= 0.6 is 0 Å². The number of rotatable bonds is 34. The van der Waals surface area contributed by atoms with Crippen LogP contribution in [0.2, 0.25) is 0 Å². The maximum absolute atomic E-state index is 12.5. The summed E-state index contributed by atoms with van der Waals surface area (Å²) in [6.45, 7) is 7.46. The van der Waals surface area contributed by atoms with Crippen LogP contribution in [0.4, 0.5) is 0 Å². The molecule has 0 aliphatic carbocycles. The fourth-order valence-electron chi connectivity index (χ4n) is 4.85. The molecule has 0 aromatic rings. The molecule has 0 fully saturated rings. The van der Waals surface area contributed by atoms with Crippen LogP contribution in [-0.2, 0) is 23.8 Å². The third-order valence-electron chi connectivity index (χ3n) is 7.76. The number of ether oxygens (including phenoxy) is 3. The van der Waals surface area contributed by atoms with E-state index in [9.17, 15) is 9.59 Å². The van der Waals surface area contributed by atoms with Crippen LogP contribution in [0.25, 0.3) is 0 Å². The maximum atomic E-state index is 12.5. The Morgan fingerprint density at radius 1 is 0.500 bits per heavy atom. The summed E-state index contributed by atoms with van der Waals surface area (Å²) in [4.78, 5) is 24.8. The largest absolute Gasteiger partial charge is 0.461 e. The van der Waals surface area contributed by atoms with Gasteiger partial charge in [0.05, 0.1) is 13.0 Å². The molecule has 0 bridgehead atoms. The van der Waals surface area contributed by atoms with Gasteiger partial charge in [-0.25, -0.2) is 0 Å². The van der Waals surface area contributed by atoms with Crippen molar-refractivity contribution < 1.29 is 23.8 Å².